The van der Waals surface area contributed by atoms with Crippen molar-refractivity contribution in [3.8, 4) is 0 Å². The third kappa shape index (κ3) is 2.52. The van der Waals surface area contributed by atoms with E-state index in [0.29, 0.717) is 0 Å². The number of furan rings is 1. The highest BCUT2D eigenvalue weighted by Gasteiger charge is 2.26. The Morgan fingerprint density at radius 3 is 3.06 bits per heavy atom. The standard InChI is InChI=1S/C13H20N2O2/c1-8(2)12(14)13(16)15-10-4-3-5-11-9(10)6-7-17-11/h6-8,10,12H,3-5,14H2,1-2H3,(H,15,16)/t10?,12-/m0/s1. The average Bonchev–Trinajstić information content (AvgIpc) is 2.76. The van der Waals surface area contributed by atoms with Crippen LogP contribution in [-0.4, -0.2) is 11.9 Å². The second-order valence-electron chi connectivity index (χ2n) is 5.02. The Morgan fingerprint density at radius 2 is 2.35 bits per heavy atom. The lowest BCUT2D eigenvalue weighted by atomic mass is 9.93. The Bertz CT molecular complexity index is 398. The summed E-state index contributed by atoms with van der Waals surface area (Å²) in [5.41, 5.74) is 6.95. The summed E-state index contributed by atoms with van der Waals surface area (Å²) in [6.07, 6.45) is 4.66. The van der Waals surface area contributed by atoms with Crippen LogP contribution in [0.5, 0.6) is 0 Å². The topological polar surface area (TPSA) is 68.3 Å². The van der Waals surface area contributed by atoms with Gasteiger partial charge in [0.05, 0.1) is 18.3 Å². The van der Waals surface area contributed by atoms with Gasteiger partial charge in [-0.1, -0.05) is 13.8 Å². The van der Waals surface area contributed by atoms with Crippen molar-refractivity contribution in [3.63, 3.8) is 0 Å². The Morgan fingerprint density at radius 1 is 1.59 bits per heavy atom. The minimum absolute atomic E-state index is 0.0646. The summed E-state index contributed by atoms with van der Waals surface area (Å²) in [7, 11) is 0. The summed E-state index contributed by atoms with van der Waals surface area (Å²) in [6, 6.07) is 1.57. The zero-order valence-corrected chi connectivity index (χ0v) is 10.4. The molecule has 1 aromatic heterocycles. The maximum Gasteiger partial charge on any atom is 0.237 e. The van der Waals surface area contributed by atoms with Crippen LogP contribution in [0.2, 0.25) is 0 Å². The molecule has 0 fully saturated rings. The molecule has 0 radical (unpaired) electrons. The van der Waals surface area contributed by atoms with Gasteiger partial charge in [-0.05, 0) is 24.8 Å². The highest BCUT2D eigenvalue weighted by molar-refractivity contribution is 5.82. The molecule has 0 spiro atoms. The molecule has 1 unspecified atom stereocenters. The molecule has 1 heterocycles. The quantitative estimate of drug-likeness (QED) is 0.840. The molecule has 1 aliphatic carbocycles. The number of hydrogen-bond donors (Lipinski definition) is 2. The zero-order valence-electron chi connectivity index (χ0n) is 10.4. The SMILES string of the molecule is CC(C)[C@H](N)C(=O)NC1CCCc2occc21. The smallest absolute Gasteiger partial charge is 0.237 e. The van der Waals surface area contributed by atoms with E-state index in [1.165, 1.54) is 0 Å². The number of nitrogens with two attached hydrogens (primary N) is 1. The molecule has 0 aliphatic heterocycles. The number of rotatable bonds is 3. The number of carbonyl (C=O) groups is 1. The van der Waals surface area contributed by atoms with E-state index in [0.717, 1.165) is 30.6 Å². The molecule has 0 saturated heterocycles. The molecule has 2 atom stereocenters. The third-order valence-electron chi connectivity index (χ3n) is 3.39. The molecule has 94 valence electrons. The molecule has 0 aromatic carbocycles. The minimum atomic E-state index is -0.438. The largest absolute Gasteiger partial charge is 0.469 e. The van der Waals surface area contributed by atoms with Crippen LogP contribution in [0.3, 0.4) is 0 Å². The first-order valence-electron chi connectivity index (χ1n) is 6.22. The van der Waals surface area contributed by atoms with E-state index in [4.69, 9.17) is 10.2 Å². The van der Waals surface area contributed by atoms with Crippen molar-refractivity contribution in [2.75, 3.05) is 0 Å². The van der Waals surface area contributed by atoms with Crippen molar-refractivity contribution in [3.05, 3.63) is 23.7 Å². The van der Waals surface area contributed by atoms with E-state index in [2.05, 4.69) is 5.32 Å². The van der Waals surface area contributed by atoms with Crippen LogP contribution in [0.15, 0.2) is 16.7 Å². The first-order chi connectivity index (χ1) is 8.09. The molecule has 0 bridgehead atoms. The van der Waals surface area contributed by atoms with Crippen LogP contribution < -0.4 is 11.1 Å². The molecule has 0 saturated carbocycles. The van der Waals surface area contributed by atoms with Crippen LogP contribution in [-0.2, 0) is 11.2 Å². The van der Waals surface area contributed by atoms with Crippen molar-refractivity contribution in [1.29, 1.82) is 0 Å². The lowest BCUT2D eigenvalue weighted by Crippen LogP contribution is -2.45. The van der Waals surface area contributed by atoms with Crippen LogP contribution in [0, 0.1) is 5.92 Å². The van der Waals surface area contributed by atoms with Crippen LogP contribution in [0.25, 0.3) is 0 Å². The fourth-order valence-electron chi connectivity index (χ4n) is 2.21. The molecular weight excluding hydrogens is 216 g/mol. The molecule has 17 heavy (non-hydrogen) atoms. The predicted octanol–water partition coefficient (Wildman–Crippen LogP) is 1.76. The molecule has 4 heteroatoms. The van der Waals surface area contributed by atoms with Crippen molar-refractivity contribution in [2.24, 2.45) is 11.7 Å². The first-order valence-corrected chi connectivity index (χ1v) is 6.22. The summed E-state index contributed by atoms with van der Waals surface area (Å²) < 4.78 is 5.39. The number of amides is 1. The molecule has 1 aromatic rings. The van der Waals surface area contributed by atoms with Crippen molar-refractivity contribution in [2.45, 2.75) is 45.2 Å². The maximum atomic E-state index is 11.9. The number of hydrogen-bond acceptors (Lipinski definition) is 3. The van der Waals surface area contributed by atoms with Gasteiger partial charge in [-0.2, -0.15) is 0 Å². The maximum absolute atomic E-state index is 11.9. The monoisotopic (exact) mass is 236 g/mol. The lowest BCUT2D eigenvalue weighted by Gasteiger charge is -2.25. The van der Waals surface area contributed by atoms with Gasteiger partial charge in [0, 0.05) is 12.0 Å². The van der Waals surface area contributed by atoms with E-state index in [1.807, 2.05) is 19.9 Å². The van der Waals surface area contributed by atoms with E-state index >= 15 is 0 Å². The minimum Gasteiger partial charge on any atom is -0.469 e. The van der Waals surface area contributed by atoms with Crippen molar-refractivity contribution < 1.29 is 9.21 Å². The molecule has 2 rings (SSSR count). The highest BCUT2D eigenvalue weighted by Crippen LogP contribution is 2.30. The number of aryl methyl sites for hydroxylation is 1. The van der Waals surface area contributed by atoms with Gasteiger partial charge in [0.1, 0.15) is 5.76 Å². The van der Waals surface area contributed by atoms with Gasteiger partial charge in [-0.15, -0.1) is 0 Å². The normalized spacial score (nSPS) is 21.1. The summed E-state index contributed by atoms with van der Waals surface area (Å²) in [4.78, 5) is 11.9. The second-order valence-corrected chi connectivity index (χ2v) is 5.02. The average molecular weight is 236 g/mol. The fraction of sp³-hybridized carbons (Fsp3) is 0.615. The lowest BCUT2D eigenvalue weighted by molar-refractivity contribution is -0.124. The van der Waals surface area contributed by atoms with Gasteiger partial charge >= 0.3 is 0 Å². The van der Waals surface area contributed by atoms with Crippen molar-refractivity contribution in [1.82, 2.24) is 5.32 Å². The Balaban J connectivity index is 2.04. The Hall–Kier alpha value is -1.29. The first kappa shape index (κ1) is 12.2. The summed E-state index contributed by atoms with van der Waals surface area (Å²) in [5, 5.41) is 3.02. The van der Waals surface area contributed by atoms with E-state index < -0.39 is 6.04 Å². The predicted molar refractivity (Wildman–Crippen MR) is 65.3 cm³/mol. The zero-order chi connectivity index (χ0) is 12.4. The van der Waals surface area contributed by atoms with Gasteiger partial charge < -0.3 is 15.5 Å². The van der Waals surface area contributed by atoms with Crippen LogP contribution >= 0.6 is 0 Å². The van der Waals surface area contributed by atoms with Gasteiger partial charge in [0.25, 0.3) is 0 Å². The molecule has 1 amide bonds. The Labute approximate surface area is 102 Å². The number of nitrogens with one attached hydrogen (secondary N) is 1. The summed E-state index contributed by atoms with van der Waals surface area (Å²) >= 11 is 0. The second kappa shape index (κ2) is 4.92. The highest BCUT2D eigenvalue weighted by atomic mass is 16.3. The van der Waals surface area contributed by atoms with E-state index in [-0.39, 0.29) is 17.9 Å². The summed E-state index contributed by atoms with van der Waals surface area (Å²) in [6.45, 7) is 3.91. The van der Waals surface area contributed by atoms with E-state index in [1.54, 1.807) is 6.26 Å². The fourth-order valence-corrected chi connectivity index (χ4v) is 2.21. The molecule has 1 aliphatic rings. The molecular formula is C13H20N2O2. The summed E-state index contributed by atoms with van der Waals surface area (Å²) in [5.74, 6) is 1.08. The molecule has 3 N–H and O–H groups in total. The van der Waals surface area contributed by atoms with Gasteiger partial charge in [0.2, 0.25) is 5.91 Å². The van der Waals surface area contributed by atoms with Crippen LogP contribution in [0.4, 0.5) is 0 Å². The van der Waals surface area contributed by atoms with Gasteiger partial charge in [0.15, 0.2) is 0 Å². The van der Waals surface area contributed by atoms with Crippen LogP contribution in [0.1, 0.15) is 44.1 Å². The third-order valence-corrected chi connectivity index (χ3v) is 3.39. The number of fused-ring (bicyclic) bond motifs is 1. The van der Waals surface area contributed by atoms with Gasteiger partial charge in [-0.3, -0.25) is 4.79 Å². The van der Waals surface area contributed by atoms with Gasteiger partial charge in [-0.25, -0.2) is 0 Å². The van der Waals surface area contributed by atoms with Crippen molar-refractivity contribution >= 4 is 5.91 Å². The van der Waals surface area contributed by atoms with E-state index in [9.17, 15) is 4.79 Å². The molecule has 4 nitrogen and oxygen atoms in total. The Kier molecular flexibility index (Phi) is 3.52. The number of carbonyl (C=O) groups excluding carboxylic acids is 1.